The highest BCUT2D eigenvalue weighted by Crippen LogP contribution is 2.30. The first-order chi connectivity index (χ1) is 17.2. The normalized spacial score (nSPS) is 13.5. The summed E-state index contributed by atoms with van der Waals surface area (Å²) in [6.07, 6.45) is 4.33. The minimum Gasteiger partial charge on any atom is -0.343 e. The van der Waals surface area contributed by atoms with Crippen molar-refractivity contribution in [2.75, 3.05) is 19.6 Å². The lowest BCUT2D eigenvalue weighted by molar-refractivity contribution is -0.127. The van der Waals surface area contributed by atoms with E-state index in [0.717, 1.165) is 60.5 Å². The van der Waals surface area contributed by atoms with Gasteiger partial charge in [0.15, 0.2) is 0 Å². The Labute approximate surface area is 205 Å². The van der Waals surface area contributed by atoms with Crippen molar-refractivity contribution in [2.45, 2.75) is 25.8 Å². The van der Waals surface area contributed by atoms with Gasteiger partial charge in [0, 0.05) is 37.2 Å². The van der Waals surface area contributed by atoms with Crippen LogP contribution in [0, 0.1) is 5.82 Å². The molecule has 1 aromatic heterocycles. The van der Waals surface area contributed by atoms with Crippen LogP contribution in [0.2, 0.25) is 0 Å². The van der Waals surface area contributed by atoms with E-state index in [1.165, 1.54) is 6.07 Å². The molecule has 0 saturated carbocycles. The van der Waals surface area contributed by atoms with E-state index in [1.54, 1.807) is 12.1 Å². The SMILES string of the molecule is O=C1CCCN1CCCNCc1cnn(-c2ccc(-c3ccccc3)cc2)c1-c1ccccc1F. The van der Waals surface area contributed by atoms with Gasteiger partial charge in [0.05, 0.1) is 17.6 Å². The van der Waals surface area contributed by atoms with Gasteiger partial charge in [-0.15, -0.1) is 0 Å². The molecule has 1 aliphatic rings. The van der Waals surface area contributed by atoms with E-state index in [2.05, 4.69) is 34.7 Å². The molecule has 6 heteroatoms. The maximum absolute atomic E-state index is 14.9. The van der Waals surface area contributed by atoms with E-state index in [0.29, 0.717) is 18.5 Å². The molecule has 5 nitrogen and oxygen atoms in total. The van der Waals surface area contributed by atoms with E-state index in [-0.39, 0.29) is 11.7 Å². The summed E-state index contributed by atoms with van der Waals surface area (Å²) < 4.78 is 16.7. The maximum atomic E-state index is 14.9. The number of hydrogen-bond donors (Lipinski definition) is 1. The molecule has 35 heavy (non-hydrogen) atoms. The molecule has 5 rings (SSSR count). The fourth-order valence-corrected chi connectivity index (χ4v) is 4.63. The Bertz CT molecular complexity index is 1280. The van der Waals surface area contributed by atoms with Crippen LogP contribution >= 0.6 is 0 Å². The number of carbonyl (C=O) groups is 1. The van der Waals surface area contributed by atoms with E-state index in [9.17, 15) is 9.18 Å². The number of nitrogens with zero attached hydrogens (tertiary/aromatic N) is 3. The first kappa shape index (κ1) is 23.0. The second-order valence-corrected chi connectivity index (χ2v) is 8.84. The van der Waals surface area contributed by atoms with Gasteiger partial charge < -0.3 is 10.2 Å². The number of nitrogens with one attached hydrogen (secondary N) is 1. The van der Waals surface area contributed by atoms with E-state index in [4.69, 9.17) is 0 Å². The van der Waals surface area contributed by atoms with Crippen molar-refractivity contribution in [2.24, 2.45) is 0 Å². The van der Waals surface area contributed by atoms with Gasteiger partial charge in [-0.2, -0.15) is 5.10 Å². The second kappa shape index (κ2) is 10.7. The number of hydrogen-bond acceptors (Lipinski definition) is 3. The van der Waals surface area contributed by atoms with Gasteiger partial charge in [-0.3, -0.25) is 4.79 Å². The number of halogens is 1. The fourth-order valence-electron chi connectivity index (χ4n) is 4.63. The Morgan fingerprint density at radius 1 is 0.914 bits per heavy atom. The number of aromatic nitrogens is 2. The van der Waals surface area contributed by atoms with Crippen LogP contribution in [-0.2, 0) is 11.3 Å². The summed E-state index contributed by atoms with van der Waals surface area (Å²) in [4.78, 5) is 13.7. The summed E-state index contributed by atoms with van der Waals surface area (Å²) >= 11 is 0. The van der Waals surface area contributed by atoms with Crippen LogP contribution < -0.4 is 5.32 Å². The van der Waals surface area contributed by atoms with Crippen molar-refractivity contribution >= 4 is 5.91 Å². The van der Waals surface area contributed by atoms with Gasteiger partial charge in [-0.25, -0.2) is 9.07 Å². The molecule has 2 heterocycles. The quantitative estimate of drug-likeness (QED) is 0.333. The Hall–Kier alpha value is -3.77. The lowest BCUT2D eigenvalue weighted by atomic mass is 10.0. The maximum Gasteiger partial charge on any atom is 0.222 e. The van der Waals surface area contributed by atoms with Crippen molar-refractivity contribution in [1.29, 1.82) is 0 Å². The molecule has 1 fully saturated rings. The van der Waals surface area contributed by atoms with Crippen LogP contribution in [0.3, 0.4) is 0 Å². The zero-order valence-corrected chi connectivity index (χ0v) is 19.7. The molecule has 0 radical (unpaired) electrons. The molecule has 3 aromatic carbocycles. The van der Waals surface area contributed by atoms with E-state index < -0.39 is 0 Å². The molecule has 1 N–H and O–H groups in total. The molecule has 4 aromatic rings. The molecule has 0 bridgehead atoms. The number of carbonyl (C=O) groups excluding carboxylic acids is 1. The lowest BCUT2D eigenvalue weighted by Crippen LogP contribution is -2.28. The Morgan fingerprint density at radius 2 is 1.66 bits per heavy atom. The average molecular weight is 469 g/mol. The Kier molecular flexibility index (Phi) is 7.00. The lowest BCUT2D eigenvalue weighted by Gasteiger charge is -2.15. The van der Waals surface area contributed by atoms with Gasteiger partial charge in [-0.05, 0) is 54.8 Å². The molecule has 0 unspecified atom stereocenters. The molecule has 1 amide bonds. The highest BCUT2D eigenvalue weighted by Gasteiger charge is 2.20. The van der Waals surface area contributed by atoms with Crippen LogP contribution in [0.1, 0.15) is 24.8 Å². The van der Waals surface area contributed by atoms with Crippen molar-refractivity contribution in [1.82, 2.24) is 20.0 Å². The molecule has 1 aliphatic heterocycles. The summed E-state index contributed by atoms with van der Waals surface area (Å²) in [5.41, 5.74) is 5.34. The standard InChI is InChI=1S/C29H29FN4O/c30-27-11-5-4-10-26(27)29-24(20-31-17-7-19-33-18-6-12-28(33)35)21-32-34(29)25-15-13-23(14-16-25)22-8-2-1-3-9-22/h1-5,8-11,13-16,21,31H,6-7,12,17-20H2. The van der Waals surface area contributed by atoms with Crippen LogP contribution in [0.25, 0.3) is 28.1 Å². The topological polar surface area (TPSA) is 50.2 Å². The predicted octanol–water partition coefficient (Wildman–Crippen LogP) is 5.45. The third-order valence-electron chi connectivity index (χ3n) is 6.46. The smallest absolute Gasteiger partial charge is 0.222 e. The predicted molar refractivity (Wildman–Crippen MR) is 137 cm³/mol. The van der Waals surface area contributed by atoms with Crippen LogP contribution in [0.15, 0.2) is 85.1 Å². The fraction of sp³-hybridized carbons (Fsp3) is 0.241. The highest BCUT2D eigenvalue weighted by atomic mass is 19.1. The molecule has 178 valence electrons. The first-order valence-electron chi connectivity index (χ1n) is 12.2. The molecule has 0 atom stereocenters. The first-order valence-corrected chi connectivity index (χ1v) is 12.2. The van der Waals surface area contributed by atoms with Gasteiger partial charge >= 0.3 is 0 Å². The Balaban J connectivity index is 1.35. The molecule has 1 saturated heterocycles. The van der Waals surface area contributed by atoms with Gasteiger partial charge in [-0.1, -0.05) is 54.6 Å². The highest BCUT2D eigenvalue weighted by molar-refractivity contribution is 5.78. The number of likely N-dealkylation sites (tertiary alicyclic amines) is 1. The summed E-state index contributed by atoms with van der Waals surface area (Å²) in [6, 6.07) is 25.2. The number of benzene rings is 3. The number of amides is 1. The van der Waals surface area contributed by atoms with E-state index in [1.807, 2.05) is 52.2 Å². The van der Waals surface area contributed by atoms with Gasteiger partial charge in [0.2, 0.25) is 5.91 Å². The minimum atomic E-state index is -0.274. The minimum absolute atomic E-state index is 0.256. The van der Waals surface area contributed by atoms with Crippen LogP contribution in [0.5, 0.6) is 0 Å². The van der Waals surface area contributed by atoms with Gasteiger partial charge in [0.25, 0.3) is 0 Å². The second-order valence-electron chi connectivity index (χ2n) is 8.84. The summed E-state index contributed by atoms with van der Waals surface area (Å²) in [5, 5.41) is 8.09. The van der Waals surface area contributed by atoms with Crippen molar-refractivity contribution in [3.8, 4) is 28.1 Å². The third-order valence-corrected chi connectivity index (χ3v) is 6.46. The van der Waals surface area contributed by atoms with Gasteiger partial charge in [0.1, 0.15) is 5.82 Å². The van der Waals surface area contributed by atoms with Crippen molar-refractivity contribution in [3.63, 3.8) is 0 Å². The van der Waals surface area contributed by atoms with E-state index >= 15 is 0 Å². The largest absolute Gasteiger partial charge is 0.343 e. The number of rotatable bonds is 9. The van der Waals surface area contributed by atoms with Crippen molar-refractivity contribution in [3.05, 3.63) is 96.4 Å². The van der Waals surface area contributed by atoms with Crippen LogP contribution in [-0.4, -0.2) is 40.2 Å². The zero-order valence-electron chi connectivity index (χ0n) is 19.7. The third kappa shape index (κ3) is 5.17. The average Bonchev–Trinajstić information content (AvgIpc) is 3.51. The summed E-state index contributed by atoms with van der Waals surface area (Å²) in [7, 11) is 0. The molecule has 0 aliphatic carbocycles. The molecule has 0 spiro atoms. The Morgan fingerprint density at radius 3 is 2.40 bits per heavy atom. The molecular formula is C29H29FN4O. The molecular weight excluding hydrogens is 439 g/mol. The summed E-state index contributed by atoms with van der Waals surface area (Å²) in [5.74, 6) is -0.0182. The summed E-state index contributed by atoms with van der Waals surface area (Å²) in [6.45, 7) is 2.99. The van der Waals surface area contributed by atoms with Crippen molar-refractivity contribution < 1.29 is 9.18 Å². The monoisotopic (exact) mass is 468 g/mol. The van der Waals surface area contributed by atoms with Crippen LogP contribution in [0.4, 0.5) is 4.39 Å². The zero-order chi connectivity index (χ0) is 24.0.